The second kappa shape index (κ2) is 8.87. The molecule has 2 aromatic carbocycles. The van der Waals surface area contributed by atoms with Gasteiger partial charge in [-0.2, -0.15) is 0 Å². The van der Waals surface area contributed by atoms with Gasteiger partial charge >= 0.3 is 0 Å². The number of rotatable bonds is 7. The van der Waals surface area contributed by atoms with Crippen molar-refractivity contribution in [3.63, 3.8) is 0 Å². The number of hydrogen-bond donors (Lipinski definition) is 1. The fourth-order valence-corrected chi connectivity index (χ4v) is 3.47. The topological polar surface area (TPSA) is 64.9 Å². The number of aryl methyl sites for hydroxylation is 1. The first kappa shape index (κ1) is 20.4. The summed E-state index contributed by atoms with van der Waals surface area (Å²) in [5.74, 6) is 0.709. The van der Waals surface area contributed by atoms with Crippen molar-refractivity contribution >= 4 is 17.2 Å². The molecule has 7 heteroatoms. The molecule has 6 nitrogen and oxygen atoms in total. The van der Waals surface area contributed by atoms with Gasteiger partial charge in [0.15, 0.2) is 0 Å². The number of amides is 1. The van der Waals surface area contributed by atoms with Gasteiger partial charge in [-0.15, -0.1) is 0 Å². The Morgan fingerprint density at radius 1 is 1.06 bits per heavy atom. The van der Waals surface area contributed by atoms with Crippen LogP contribution in [0, 0.1) is 5.82 Å². The average Bonchev–Trinajstić information content (AvgIpc) is 3.17. The maximum Gasteiger partial charge on any atom is 0.224 e. The van der Waals surface area contributed by atoms with Crippen LogP contribution in [-0.4, -0.2) is 29.5 Å². The smallest absolute Gasteiger partial charge is 0.224 e. The van der Waals surface area contributed by atoms with Gasteiger partial charge in [0.05, 0.1) is 31.3 Å². The molecule has 0 unspecified atom stereocenters. The lowest BCUT2D eigenvalue weighted by Crippen LogP contribution is -2.14. The van der Waals surface area contributed by atoms with Crippen molar-refractivity contribution in [2.75, 3.05) is 19.5 Å². The SMILES string of the molecule is COc1ccc(NC(=O)CCc2c(-c3ccc(F)cc3)nc3ccccn23)c(OC)c1. The molecule has 2 aromatic heterocycles. The summed E-state index contributed by atoms with van der Waals surface area (Å²) >= 11 is 0. The van der Waals surface area contributed by atoms with Crippen molar-refractivity contribution in [3.05, 3.63) is 78.4 Å². The summed E-state index contributed by atoms with van der Waals surface area (Å²) in [6.45, 7) is 0. The molecule has 0 atom stereocenters. The Hall–Kier alpha value is -3.87. The maximum atomic E-state index is 13.4. The molecular formula is C24H22FN3O3. The lowest BCUT2D eigenvalue weighted by molar-refractivity contribution is -0.116. The van der Waals surface area contributed by atoms with Gasteiger partial charge in [-0.3, -0.25) is 4.79 Å². The number of halogens is 1. The largest absolute Gasteiger partial charge is 0.497 e. The van der Waals surface area contributed by atoms with E-state index >= 15 is 0 Å². The molecule has 0 fully saturated rings. The van der Waals surface area contributed by atoms with Crippen molar-refractivity contribution in [1.29, 1.82) is 0 Å². The lowest BCUT2D eigenvalue weighted by Gasteiger charge is -2.12. The molecule has 4 aromatic rings. The van der Waals surface area contributed by atoms with Crippen molar-refractivity contribution in [2.24, 2.45) is 0 Å². The molecule has 0 aliphatic carbocycles. The van der Waals surface area contributed by atoms with Gasteiger partial charge in [0.2, 0.25) is 5.91 Å². The first-order valence-corrected chi connectivity index (χ1v) is 9.83. The quantitative estimate of drug-likeness (QED) is 0.470. The molecule has 0 saturated carbocycles. The van der Waals surface area contributed by atoms with E-state index in [1.54, 1.807) is 37.4 Å². The molecule has 0 bridgehead atoms. The first-order valence-electron chi connectivity index (χ1n) is 9.83. The van der Waals surface area contributed by atoms with E-state index in [1.807, 2.05) is 28.8 Å². The number of ether oxygens (including phenoxy) is 2. The fraction of sp³-hybridized carbons (Fsp3) is 0.167. The predicted octanol–water partition coefficient (Wildman–Crippen LogP) is 4.73. The van der Waals surface area contributed by atoms with Gasteiger partial charge in [-0.05, 0) is 55.0 Å². The monoisotopic (exact) mass is 419 g/mol. The van der Waals surface area contributed by atoms with Gasteiger partial charge in [-0.1, -0.05) is 6.07 Å². The van der Waals surface area contributed by atoms with Gasteiger partial charge in [0.1, 0.15) is 23.0 Å². The summed E-state index contributed by atoms with van der Waals surface area (Å²) in [6.07, 6.45) is 2.61. The summed E-state index contributed by atoms with van der Waals surface area (Å²) in [4.78, 5) is 17.4. The molecule has 4 rings (SSSR count). The summed E-state index contributed by atoms with van der Waals surface area (Å²) in [7, 11) is 3.11. The van der Waals surface area contributed by atoms with Gasteiger partial charge in [0, 0.05) is 24.2 Å². The minimum atomic E-state index is -0.304. The van der Waals surface area contributed by atoms with Crippen LogP contribution in [0.4, 0.5) is 10.1 Å². The third-order valence-electron chi connectivity index (χ3n) is 5.02. The van der Waals surface area contributed by atoms with Crippen LogP contribution >= 0.6 is 0 Å². The highest BCUT2D eigenvalue weighted by molar-refractivity contribution is 5.92. The molecule has 1 amide bonds. The number of nitrogens with zero attached hydrogens (tertiary/aromatic N) is 2. The van der Waals surface area contributed by atoms with Crippen molar-refractivity contribution < 1.29 is 18.7 Å². The number of carbonyl (C=O) groups is 1. The van der Waals surface area contributed by atoms with Gasteiger partial charge in [0.25, 0.3) is 0 Å². The molecule has 0 aliphatic heterocycles. The van der Waals surface area contributed by atoms with Crippen LogP contribution < -0.4 is 14.8 Å². The van der Waals surface area contributed by atoms with Crippen LogP contribution in [0.5, 0.6) is 11.5 Å². The number of carbonyl (C=O) groups excluding carboxylic acids is 1. The normalized spacial score (nSPS) is 10.8. The summed E-state index contributed by atoms with van der Waals surface area (Å²) in [5.41, 5.74) is 3.77. The molecule has 0 aliphatic rings. The first-order chi connectivity index (χ1) is 15.1. The van der Waals surface area contributed by atoms with Crippen molar-refractivity contribution in [2.45, 2.75) is 12.8 Å². The number of pyridine rings is 1. The Balaban J connectivity index is 1.57. The standard InChI is InChI=1S/C24H22FN3O3/c1-30-18-10-11-19(21(15-18)31-2)26-23(29)13-12-20-24(16-6-8-17(25)9-7-16)27-22-5-3-4-14-28(20)22/h3-11,14-15H,12-13H2,1-2H3,(H,26,29). The summed E-state index contributed by atoms with van der Waals surface area (Å²) in [5, 5.41) is 2.89. The van der Waals surface area contributed by atoms with E-state index in [-0.39, 0.29) is 18.1 Å². The average molecular weight is 419 g/mol. The predicted molar refractivity (Wildman–Crippen MR) is 117 cm³/mol. The molecule has 0 saturated heterocycles. The number of imidazole rings is 1. The van der Waals surface area contributed by atoms with Gasteiger partial charge in [-0.25, -0.2) is 9.37 Å². The van der Waals surface area contributed by atoms with Crippen LogP contribution in [0.15, 0.2) is 66.9 Å². The number of fused-ring (bicyclic) bond motifs is 1. The zero-order valence-electron chi connectivity index (χ0n) is 17.3. The number of anilines is 1. The highest BCUT2D eigenvalue weighted by Crippen LogP contribution is 2.30. The third-order valence-corrected chi connectivity index (χ3v) is 5.02. The van der Waals surface area contributed by atoms with Crippen LogP contribution in [0.25, 0.3) is 16.9 Å². The minimum Gasteiger partial charge on any atom is -0.497 e. The number of benzene rings is 2. The van der Waals surface area contributed by atoms with E-state index in [4.69, 9.17) is 14.5 Å². The second-order valence-corrected chi connectivity index (χ2v) is 6.96. The minimum absolute atomic E-state index is 0.153. The molecular weight excluding hydrogens is 397 g/mol. The molecule has 2 heterocycles. The van der Waals surface area contributed by atoms with Crippen LogP contribution in [0.3, 0.4) is 0 Å². The molecule has 31 heavy (non-hydrogen) atoms. The van der Waals surface area contributed by atoms with Crippen molar-refractivity contribution in [1.82, 2.24) is 9.38 Å². The molecule has 0 radical (unpaired) electrons. The van der Waals surface area contributed by atoms with Crippen LogP contribution in [0.2, 0.25) is 0 Å². The van der Waals surface area contributed by atoms with Gasteiger partial charge < -0.3 is 19.2 Å². The highest BCUT2D eigenvalue weighted by atomic mass is 19.1. The molecule has 1 N–H and O–H groups in total. The molecule has 158 valence electrons. The number of methoxy groups -OCH3 is 2. The zero-order chi connectivity index (χ0) is 21.8. The Labute approximate surface area is 179 Å². The Bertz CT molecular complexity index is 1220. The second-order valence-electron chi connectivity index (χ2n) is 6.96. The van der Waals surface area contributed by atoms with Crippen molar-refractivity contribution in [3.8, 4) is 22.8 Å². The Kier molecular flexibility index (Phi) is 5.84. The van der Waals surface area contributed by atoms with E-state index < -0.39 is 0 Å². The molecule has 0 spiro atoms. The summed E-state index contributed by atoms with van der Waals surface area (Å²) < 4.78 is 25.9. The van der Waals surface area contributed by atoms with E-state index in [9.17, 15) is 9.18 Å². The number of aromatic nitrogens is 2. The summed E-state index contributed by atoms with van der Waals surface area (Å²) in [6, 6.07) is 17.1. The number of hydrogen-bond acceptors (Lipinski definition) is 4. The Morgan fingerprint density at radius 2 is 1.87 bits per heavy atom. The third kappa shape index (κ3) is 4.35. The lowest BCUT2D eigenvalue weighted by atomic mass is 10.1. The van der Waals surface area contributed by atoms with Crippen LogP contribution in [-0.2, 0) is 11.2 Å². The van der Waals surface area contributed by atoms with E-state index in [1.165, 1.54) is 19.2 Å². The number of nitrogens with one attached hydrogen (secondary N) is 1. The maximum absolute atomic E-state index is 13.4. The van der Waals surface area contributed by atoms with E-state index in [0.717, 1.165) is 22.6 Å². The Morgan fingerprint density at radius 3 is 2.61 bits per heavy atom. The van der Waals surface area contributed by atoms with E-state index in [2.05, 4.69) is 5.32 Å². The highest BCUT2D eigenvalue weighted by Gasteiger charge is 2.16. The van der Waals surface area contributed by atoms with Crippen LogP contribution in [0.1, 0.15) is 12.1 Å². The fourth-order valence-electron chi connectivity index (χ4n) is 3.47. The van der Waals surface area contributed by atoms with E-state index in [0.29, 0.717) is 23.6 Å². The zero-order valence-corrected chi connectivity index (χ0v) is 17.3.